The lowest BCUT2D eigenvalue weighted by atomic mass is 9.82. The molecular formula is C12H19N3. The van der Waals surface area contributed by atoms with E-state index in [1.54, 1.807) is 6.33 Å². The van der Waals surface area contributed by atoms with Crippen LogP contribution in [0.15, 0.2) is 18.7 Å². The fourth-order valence-electron chi connectivity index (χ4n) is 1.99. The molecule has 3 heteroatoms. The van der Waals surface area contributed by atoms with Gasteiger partial charge in [0.1, 0.15) is 6.33 Å². The molecular weight excluding hydrogens is 186 g/mol. The van der Waals surface area contributed by atoms with E-state index in [2.05, 4.69) is 28.7 Å². The Morgan fingerprint density at radius 1 is 1.20 bits per heavy atom. The third-order valence-electron chi connectivity index (χ3n) is 3.23. The molecule has 1 saturated heterocycles. The molecule has 1 aromatic rings. The van der Waals surface area contributed by atoms with Gasteiger partial charge >= 0.3 is 0 Å². The van der Waals surface area contributed by atoms with Crippen molar-refractivity contribution in [1.29, 1.82) is 0 Å². The lowest BCUT2D eigenvalue weighted by Gasteiger charge is -2.36. The second kappa shape index (κ2) is 4.27. The van der Waals surface area contributed by atoms with Crippen LogP contribution in [0.1, 0.15) is 32.3 Å². The van der Waals surface area contributed by atoms with Crippen LogP contribution in [0.2, 0.25) is 0 Å². The second-order valence-corrected chi connectivity index (χ2v) is 5.19. The first-order valence-electron chi connectivity index (χ1n) is 5.62. The highest BCUT2D eigenvalue weighted by molar-refractivity contribution is 5.02. The van der Waals surface area contributed by atoms with E-state index < -0.39 is 0 Å². The van der Waals surface area contributed by atoms with Crippen LogP contribution in [0.4, 0.5) is 0 Å². The first kappa shape index (κ1) is 10.6. The minimum Gasteiger partial charge on any atom is -0.299 e. The van der Waals surface area contributed by atoms with E-state index in [1.807, 2.05) is 12.4 Å². The average molecular weight is 205 g/mol. The zero-order valence-electron chi connectivity index (χ0n) is 9.61. The average Bonchev–Trinajstić information content (AvgIpc) is 2.23. The molecule has 1 aromatic heterocycles. The van der Waals surface area contributed by atoms with E-state index >= 15 is 0 Å². The van der Waals surface area contributed by atoms with Crippen molar-refractivity contribution >= 4 is 0 Å². The SMILES string of the molecule is CC1(C)CCN(Cc2cncnc2)CC1. The van der Waals surface area contributed by atoms with E-state index in [0.717, 1.165) is 6.54 Å². The summed E-state index contributed by atoms with van der Waals surface area (Å²) in [4.78, 5) is 10.6. The van der Waals surface area contributed by atoms with Crippen molar-refractivity contribution in [1.82, 2.24) is 14.9 Å². The van der Waals surface area contributed by atoms with Gasteiger partial charge in [0.2, 0.25) is 0 Å². The number of piperidine rings is 1. The van der Waals surface area contributed by atoms with E-state index in [9.17, 15) is 0 Å². The molecule has 0 radical (unpaired) electrons. The van der Waals surface area contributed by atoms with Crippen molar-refractivity contribution in [3.8, 4) is 0 Å². The summed E-state index contributed by atoms with van der Waals surface area (Å²) in [6.07, 6.45) is 7.99. The Bertz CT molecular complexity index is 298. The number of hydrogen-bond acceptors (Lipinski definition) is 3. The fourth-order valence-corrected chi connectivity index (χ4v) is 1.99. The molecule has 0 N–H and O–H groups in total. The molecule has 82 valence electrons. The topological polar surface area (TPSA) is 29.0 Å². The lowest BCUT2D eigenvalue weighted by molar-refractivity contribution is 0.127. The van der Waals surface area contributed by atoms with Crippen LogP contribution in [-0.2, 0) is 6.54 Å². The van der Waals surface area contributed by atoms with Gasteiger partial charge in [-0.05, 0) is 31.3 Å². The van der Waals surface area contributed by atoms with Gasteiger partial charge < -0.3 is 0 Å². The molecule has 0 aromatic carbocycles. The van der Waals surface area contributed by atoms with Crippen molar-refractivity contribution in [2.24, 2.45) is 5.41 Å². The van der Waals surface area contributed by atoms with Crippen LogP contribution in [0, 0.1) is 5.41 Å². The van der Waals surface area contributed by atoms with Crippen LogP contribution in [-0.4, -0.2) is 28.0 Å². The third-order valence-corrected chi connectivity index (χ3v) is 3.23. The molecule has 0 aliphatic carbocycles. The Hall–Kier alpha value is -0.960. The normalized spacial score (nSPS) is 21.5. The molecule has 1 aliphatic rings. The summed E-state index contributed by atoms with van der Waals surface area (Å²) in [6, 6.07) is 0. The van der Waals surface area contributed by atoms with E-state index in [1.165, 1.54) is 31.5 Å². The Morgan fingerprint density at radius 2 is 1.80 bits per heavy atom. The predicted octanol–water partition coefficient (Wildman–Crippen LogP) is 2.10. The molecule has 15 heavy (non-hydrogen) atoms. The number of aromatic nitrogens is 2. The van der Waals surface area contributed by atoms with Gasteiger partial charge in [-0.15, -0.1) is 0 Å². The summed E-state index contributed by atoms with van der Waals surface area (Å²) in [6.45, 7) is 8.10. The summed E-state index contributed by atoms with van der Waals surface area (Å²) in [5, 5.41) is 0. The highest BCUT2D eigenvalue weighted by Crippen LogP contribution is 2.30. The molecule has 1 fully saturated rings. The van der Waals surface area contributed by atoms with Crippen molar-refractivity contribution in [2.75, 3.05) is 13.1 Å². The van der Waals surface area contributed by atoms with Gasteiger partial charge in [-0.25, -0.2) is 9.97 Å². The van der Waals surface area contributed by atoms with E-state index in [-0.39, 0.29) is 0 Å². The maximum Gasteiger partial charge on any atom is 0.115 e. The monoisotopic (exact) mass is 205 g/mol. The fraction of sp³-hybridized carbons (Fsp3) is 0.667. The molecule has 3 nitrogen and oxygen atoms in total. The molecule has 2 rings (SSSR count). The molecule has 0 saturated carbocycles. The minimum absolute atomic E-state index is 0.531. The van der Waals surface area contributed by atoms with Crippen molar-refractivity contribution in [3.63, 3.8) is 0 Å². The van der Waals surface area contributed by atoms with Gasteiger partial charge in [0, 0.05) is 24.5 Å². The number of likely N-dealkylation sites (tertiary alicyclic amines) is 1. The smallest absolute Gasteiger partial charge is 0.115 e. The third kappa shape index (κ3) is 2.99. The standard InChI is InChI=1S/C12H19N3/c1-12(2)3-5-15(6-4-12)9-11-7-13-10-14-8-11/h7-8,10H,3-6,9H2,1-2H3. The van der Waals surface area contributed by atoms with Gasteiger partial charge in [0.25, 0.3) is 0 Å². The largest absolute Gasteiger partial charge is 0.299 e. The number of rotatable bonds is 2. The Kier molecular flexibility index (Phi) is 3.00. The highest BCUT2D eigenvalue weighted by Gasteiger charge is 2.25. The maximum absolute atomic E-state index is 4.04. The molecule has 0 amide bonds. The van der Waals surface area contributed by atoms with Gasteiger partial charge in [-0.1, -0.05) is 13.8 Å². The molecule has 2 heterocycles. The van der Waals surface area contributed by atoms with Crippen molar-refractivity contribution < 1.29 is 0 Å². The quantitative estimate of drug-likeness (QED) is 0.740. The predicted molar refractivity (Wildman–Crippen MR) is 60.3 cm³/mol. The zero-order chi connectivity index (χ0) is 10.7. The van der Waals surface area contributed by atoms with Crippen molar-refractivity contribution in [2.45, 2.75) is 33.2 Å². The number of hydrogen-bond donors (Lipinski definition) is 0. The molecule has 1 aliphatic heterocycles. The highest BCUT2D eigenvalue weighted by atomic mass is 15.1. The maximum atomic E-state index is 4.04. The molecule has 0 atom stereocenters. The first-order valence-corrected chi connectivity index (χ1v) is 5.62. The van der Waals surface area contributed by atoms with Crippen LogP contribution < -0.4 is 0 Å². The molecule has 0 spiro atoms. The first-order chi connectivity index (χ1) is 7.16. The Labute approximate surface area is 91.5 Å². The van der Waals surface area contributed by atoms with E-state index in [4.69, 9.17) is 0 Å². The summed E-state index contributed by atoms with van der Waals surface area (Å²) in [5.41, 5.74) is 1.75. The van der Waals surface area contributed by atoms with E-state index in [0.29, 0.717) is 5.41 Å². The minimum atomic E-state index is 0.531. The lowest BCUT2D eigenvalue weighted by Crippen LogP contribution is -2.36. The summed E-state index contributed by atoms with van der Waals surface area (Å²) in [5.74, 6) is 0. The van der Waals surface area contributed by atoms with Crippen LogP contribution >= 0.6 is 0 Å². The molecule has 0 bridgehead atoms. The Morgan fingerprint density at radius 3 is 2.40 bits per heavy atom. The Balaban J connectivity index is 1.88. The molecule has 0 unspecified atom stereocenters. The van der Waals surface area contributed by atoms with Crippen LogP contribution in [0.25, 0.3) is 0 Å². The van der Waals surface area contributed by atoms with Crippen molar-refractivity contribution in [3.05, 3.63) is 24.3 Å². The summed E-state index contributed by atoms with van der Waals surface area (Å²) in [7, 11) is 0. The van der Waals surface area contributed by atoms with Crippen LogP contribution in [0.5, 0.6) is 0 Å². The zero-order valence-corrected chi connectivity index (χ0v) is 9.61. The summed E-state index contributed by atoms with van der Waals surface area (Å²) >= 11 is 0. The van der Waals surface area contributed by atoms with Gasteiger partial charge in [0.15, 0.2) is 0 Å². The summed E-state index contributed by atoms with van der Waals surface area (Å²) < 4.78 is 0. The van der Waals surface area contributed by atoms with Gasteiger partial charge in [-0.2, -0.15) is 0 Å². The van der Waals surface area contributed by atoms with Gasteiger partial charge in [-0.3, -0.25) is 4.90 Å². The number of nitrogens with zero attached hydrogens (tertiary/aromatic N) is 3. The van der Waals surface area contributed by atoms with Gasteiger partial charge in [0.05, 0.1) is 0 Å². The van der Waals surface area contributed by atoms with Crippen LogP contribution in [0.3, 0.4) is 0 Å². The second-order valence-electron chi connectivity index (χ2n) is 5.19.